The minimum absolute atomic E-state index is 0.0294. The lowest BCUT2D eigenvalue weighted by molar-refractivity contribution is 0.104. The van der Waals surface area contributed by atoms with Gasteiger partial charge in [-0.2, -0.15) is 0 Å². The van der Waals surface area contributed by atoms with E-state index in [-0.39, 0.29) is 5.78 Å². The SMILES string of the molecule is COCCOc1cccc(/C=C/C(=O)c2ccc(Br)cc2)c1. The smallest absolute Gasteiger partial charge is 0.185 e. The van der Waals surface area contributed by atoms with Crippen molar-refractivity contribution in [3.8, 4) is 5.75 Å². The number of benzene rings is 2. The highest BCUT2D eigenvalue weighted by Crippen LogP contribution is 2.15. The van der Waals surface area contributed by atoms with Crippen LogP contribution >= 0.6 is 15.9 Å². The summed E-state index contributed by atoms with van der Waals surface area (Å²) in [5.41, 5.74) is 1.58. The van der Waals surface area contributed by atoms with Crippen molar-refractivity contribution in [3.05, 3.63) is 70.2 Å². The first kappa shape index (κ1) is 16.5. The summed E-state index contributed by atoms with van der Waals surface area (Å²) >= 11 is 3.35. The Morgan fingerprint density at radius 1 is 1.14 bits per heavy atom. The third-order valence-corrected chi connectivity index (χ3v) is 3.50. The Hall–Kier alpha value is -1.91. The minimum Gasteiger partial charge on any atom is -0.491 e. The van der Waals surface area contributed by atoms with E-state index in [9.17, 15) is 4.79 Å². The molecule has 2 rings (SSSR count). The van der Waals surface area contributed by atoms with Crippen LogP contribution in [0.2, 0.25) is 0 Å². The second-order valence-electron chi connectivity index (χ2n) is 4.62. The highest BCUT2D eigenvalue weighted by molar-refractivity contribution is 9.10. The molecule has 0 bridgehead atoms. The number of carbonyl (C=O) groups is 1. The van der Waals surface area contributed by atoms with Gasteiger partial charge in [0.1, 0.15) is 12.4 Å². The fourth-order valence-electron chi connectivity index (χ4n) is 1.83. The van der Waals surface area contributed by atoms with Gasteiger partial charge in [-0.15, -0.1) is 0 Å². The Balaban J connectivity index is 2.01. The van der Waals surface area contributed by atoms with Crippen LogP contribution in [0.1, 0.15) is 15.9 Å². The summed E-state index contributed by atoms with van der Waals surface area (Å²) in [5.74, 6) is 0.730. The van der Waals surface area contributed by atoms with Crippen molar-refractivity contribution < 1.29 is 14.3 Å². The van der Waals surface area contributed by atoms with Gasteiger partial charge in [0.15, 0.2) is 5.78 Å². The lowest BCUT2D eigenvalue weighted by Crippen LogP contribution is -2.04. The van der Waals surface area contributed by atoms with E-state index >= 15 is 0 Å². The Kier molecular flexibility index (Phi) is 6.37. The molecule has 0 aliphatic rings. The molecule has 0 saturated heterocycles. The molecule has 0 aliphatic heterocycles. The van der Waals surface area contributed by atoms with Crippen LogP contribution in [0.4, 0.5) is 0 Å². The van der Waals surface area contributed by atoms with Crippen molar-refractivity contribution >= 4 is 27.8 Å². The maximum absolute atomic E-state index is 12.1. The normalized spacial score (nSPS) is 10.8. The first-order valence-corrected chi connectivity index (χ1v) is 7.68. The minimum atomic E-state index is -0.0294. The highest BCUT2D eigenvalue weighted by atomic mass is 79.9. The molecule has 0 saturated carbocycles. The van der Waals surface area contributed by atoms with E-state index < -0.39 is 0 Å². The predicted molar refractivity (Wildman–Crippen MR) is 91.3 cm³/mol. The predicted octanol–water partition coefficient (Wildman–Crippen LogP) is 4.37. The average molecular weight is 361 g/mol. The molecule has 0 heterocycles. The lowest BCUT2D eigenvalue weighted by Gasteiger charge is -2.05. The lowest BCUT2D eigenvalue weighted by atomic mass is 10.1. The molecule has 0 aliphatic carbocycles. The molecule has 0 fully saturated rings. The molecular formula is C18H17BrO3. The Labute approximate surface area is 138 Å². The van der Waals surface area contributed by atoms with E-state index in [1.54, 1.807) is 31.4 Å². The van der Waals surface area contributed by atoms with E-state index in [1.807, 2.05) is 36.4 Å². The van der Waals surface area contributed by atoms with Gasteiger partial charge in [-0.25, -0.2) is 0 Å². The summed E-state index contributed by atoms with van der Waals surface area (Å²) in [6, 6.07) is 14.9. The van der Waals surface area contributed by atoms with Crippen LogP contribution in [0, 0.1) is 0 Å². The summed E-state index contributed by atoms with van der Waals surface area (Å²) in [5, 5.41) is 0. The van der Waals surface area contributed by atoms with Crippen molar-refractivity contribution in [2.75, 3.05) is 20.3 Å². The van der Waals surface area contributed by atoms with Crippen LogP contribution in [0.15, 0.2) is 59.1 Å². The zero-order chi connectivity index (χ0) is 15.8. The Bertz CT molecular complexity index is 648. The van der Waals surface area contributed by atoms with Gasteiger partial charge in [0.25, 0.3) is 0 Å². The number of hydrogen-bond acceptors (Lipinski definition) is 3. The molecule has 0 radical (unpaired) electrons. The number of methoxy groups -OCH3 is 1. The maximum Gasteiger partial charge on any atom is 0.185 e. The number of rotatable bonds is 7. The second kappa shape index (κ2) is 8.51. The fraction of sp³-hybridized carbons (Fsp3) is 0.167. The van der Waals surface area contributed by atoms with Gasteiger partial charge in [0.2, 0.25) is 0 Å². The summed E-state index contributed by atoms with van der Waals surface area (Å²) in [4.78, 5) is 12.1. The van der Waals surface area contributed by atoms with Gasteiger partial charge in [0, 0.05) is 17.1 Å². The topological polar surface area (TPSA) is 35.5 Å². The Morgan fingerprint density at radius 2 is 1.91 bits per heavy atom. The van der Waals surface area contributed by atoms with Crippen LogP contribution in [0.25, 0.3) is 6.08 Å². The van der Waals surface area contributed by atoms with Gasteiger partial charge in [-0.3, -0.25) is 4.79 Å². The summed E-state index contributed by atoms with van der Waals surface area (Å²) in [7, 11) is 1.64. The molecule has 0 aromatic heterocycles. The van der Waals surface area contributed by atoms with E-state index in [0.29, 0.717) is 18.8 Å². The first-order chi connectivity index (χ1) is 10.7. The molecule has 0 unspecified atom stereocenters. The van der Waals surface area contributed by atoms with Gasteiger partial charge >= 0.3 is 0 Å². The van der Waals surface area contributed by atoms with Gasteiger partial charge < -0.3 is 9.47 Å². The molecule has 4 heteroatoms. The van der Waals surface area contributed by atoms with E-state index in [1.165, 1.54) is 0 Å². The monoisotopic (exact) mass is 360 g/mol. The third-order valence-electron chi connectivity index (χ3n) is 2.97. The van der Waals surface area contributed by atoms with Crippen LogP contribution in [0.5, 0.6) is 5.75 Å². The number of hydrogen-bond donors (Lipinski definition) is 0. The highest BCUT2D eigenvalue weighted by Gasteiger charge is 2.01. The number of ether oxygens (including phenoxy) is 2. The van der Waals surface area contributed by atoms with E-state index in [2.05, 4.69) is 15.9 Å². The van der Waals surface area contributed by atoms with Crippen LogP contribution in [-0.4, -0.2) is 26.1 Å². The maximum atomic E-state index is 12.1. The molecule has 0 atom stereocenters. The van der Waals surface area contributed by atoms with Crippen LogP contribution in [-0.2, 0) is 4.74 Å². The summed E-state index contributed by atoms with van der Waals surface area (Å²) < 4.78 is 11.4. The third kappa shape index (κ3) is 5.13. The number of carbonyl (C=O) groups excluding carboxylic acids is 1. The van der Waals surface area contributed by atoms with Crippen molar-refractivity contribution in [1.29, 1.82) is 0 Å². The van der Waals surface area contributed by atoms with Crippen molar-refractivity contribution in [2.45, 2.75) is 0 Å². The molecule has 22 heavy (non-hydrogen) atoms. The van der Waals surface area contributed by atoms with Crippen molar-refractivity contribution in [3.63, 3.8) is 0 Å². The zero-order valence-electron chi connectivity index (χ0n) is 12.3. The van der Waals surface area contributed by atoms with E-state index in [0.717, 1.165) is 15.8 Å². The van der Waals surface area contributed by atoms with Crippen molar-refractivity contribution in [1.82, 2.24) is 0 Å². The standard InChI is InChI=1S/C18H17BrO3/c1-21-11-12-22-17-4-2-3-14(13-17)5-10-18(20)15-6-8-16(19)9-7-15/h2-10,13H,11-12H2,1H3/b10-5+. The van der Waals surface area contributed by atoms with Gasteiger partial charge in [-0.05, 0) is 48.0 Å². The molecule has 0 N–H and O–H groups in total. The summed E-state index contributed by atoms with van der Waals surface area (Å²) in [6.07, 6.45) is 3.35. The van der Waals surface area contributed by atoms with Crippen LogP contribution < -0.4 is 4.74 Å². The molecule has 2 aromatic rings. The molecule has 0 amide bonds. The van der Waals surface area contributed by atoms with Crippen LogP contribution in [0.3, 0.4) is 0 Å². The molecule has 0 spiro atoms. The van der Waals surface area contributed by atoms with Gasteiger partial charge in [-0.1, -0.05) is 34.1 Å². The first-order valence-electron chi connectivity index (χ1n) is 6.89. The number of ketones is 1. The van der Waals surface area contributed by atoms with Crippen molar-refractivity contribution in [2.24, 2.45) is 0 Å². The quantitative estimate of drug-likeness (QED) is 0.417. The largest absolute Gasteiger partial charge is 0.491 e. The molecule has 3 nitrogen and oxygen atoms in total. The molecular weight excluding hydrogens is 344 g/mol. The average Bonchev–Trinajstić information content (AvgIpc) is 2.54. The second-order valence-corrected chi connectivity index (χ2v) is 5.53. The Morgan fingerprint density at radius 3 is 2.64 bits per heavy atom. The molecule has 2 aromatic carbocycles. The number of allylic oxidation sites excluding steroid dienone is 1. The summed E-state index contributed by atoms with van der Waals surface area (Å²) in [6.45, 7) is 1.05. The zero-order valence-corrected chi connectivity index (χ0v) is 13.9. The van der Waals surface area contributed by atoms with E-state index in [4.69, 9.17) is 9.47 Å². The van der Waals surface area contributed by atoms with Gasteiger partial charge in [0.05, 0.1) is 6.61 Å². The fourth-order valence-corrected chi connectivity index (χ4v) is 2.10. The molecule has 114 valence electrons. The number of halogens is 1.